The van der Waals surface area contributed by atoms with Crippen molar-refractivity contribution >= 4 is 43.3 Å². The maximum Gasteiger partial charge on any atom is 0.204 e. The number of sulfone groups is 1. The number of nitrogens with zero attached hydrogens (tertiary/aromatic N) is 1. The molecule has 0 fully saturated rings. The molecule has 0 aromatic heterocycles. The number of rotatable bonds is 7. The quantitative estimate of drug-likeness (QED) is 0.317. The first-order valence-electron chi connectivity index (χ1n) is 9.42. The van der Waals surface area contributed by atoms with Crippen molar-refractivity contribution < 1.29 is 17.6 Å². The number of Topliss-reactive ketones (excluding diaryl/α,β-unsaturated/α-hetero) is 1. The zero-order valence-corrected chi connectivity index (χ0v) is 19.5. The maximum absolute atomic E-state index is 13.2. The second kappa shape index (κ2) is 9.58. The Labute approximate surface area is 190 Å². The fourth-order valence-electron chi connectivity index (χ4n) is 2.94. The van der Waals surface area contributed by atoms with Crippen LogP contribution in [-0.4, -0.2) is 28.3 Å². The molecule has 0 aliphatic heterocycles. The highest BCUT2D eigenvalue weighted by Crippen LogP contribution is 2.24. The molecular weight excluding hydrogens is 481 g/mol. The lowest BCUT2D eigenvalue weighted by atomic mass is 10.1. The van der Waals surface area contributed by atoms with Gasteiger partial charge in [0.1, 0.15) is 10.7 Å². The topological polar surface area (TPSA) is 54.5 Å². The molecule has 0 saturated carbocycles. The molecule has 4 nitrogen and oxygen atoms in total. The third-order valence-corrected chi connectivity index (χ3v) is 6.86. The van der Waals surface area contributed by atoms with Crippen LogP contribution in [0.4, 0.5) is 10.1 Å². The SMILES string of the molecule is CN(C)c1ccc(/C=C(\C(=O)c2ccc(Br)cc2)S(=O)(=O)Cc2ccc(F)cc2)cc1. The highest BCUT2D eigenvalue weighted by atomic mass is 79.9. The lowest BCUT2D eigenvalue weighted by molar-refractivity contribution is 0.104. The summed E-state index contributed by atoms with van der Waals surface area (Å²) in [5.41, 5.74) is 2.21. The van der Waals surface area contributed by atoms with E-state index in [0.29, 0.717) is 11.1 Å². The molecule has 0 spiro atoms. The molecule has 0 heterocycles. The molecule has 0 aliphatic rings. The molecule has 3 rings (SSSR count). The van der Waals surface area contributed by atoms with Crippen LogP contribution in [0.25, 0.3) is 6.08 Å². The number of halogens is 2. The van der Waals surface area contributed by atoms with E-state index in [2.05, 4.69) is 15.9 Å². The summed E-state index contributed by atoms with van der Waals surface area (Å²) < 4.78 is 40.5. The minimum absolute atomic E-state index is 0.266. The first-order chi connectivity index (χ1) is 14.7. The van der Waals surface area contributed by atoms with Gasteiger partial charge in [0.25, 0.3) is 0 Å². The first-order valence-corrected chi connectivity index (χ1v) is 11.9. The molecule has 0 radical (unpaired) electrons. The average Bonchev–Trinajstić information content (AvgIpc) is 2.74. The van der Waals surface area contributed by atoms with Crippen molar-refractivity contribution in [2.45, 2.75) is 5.75 Å². The summed E-state index contributed by atoms with van der Waals surface area (Å²) in [7, 11) is -0.197. The number of anilines is 1. The lowest BCUT2D eigenvalue weighted by Crippen LogP contribution is -2.16. The van der Waals surface area contributed by atoms with Crippen molar-refractivity contribution in [2.75, 3.05) is 19.0 Å². The van der Waals surface area contributed by atoms with E-state index in [9.17, 15) is 17.6 Å². The van der Waals surface area contributed by atoms with Crippen LogP contribution in [0.3, 0.4) is 0 Å². The van der Waals surface area contributed by atoms with Crippen molar-refractivity contribution in [1.82, 2.24) is 0 Å². The van der Waals surface area contributed by atoms with Gasteiger partial charge in [0.05, 0.1) is 5.75 Å². The van der Waals surface area contributed by atoms with E-state index in [4.69, 9.17) is 0 Å². The van der Waals surface area contributed by atoms with Gasteiger partial charge in [-0.25, -0.2) is 12.8 Å². The second-order valence-electron chi connectivity index (χ2n) is 7.22. The molecule has 0 bridgehead atoms. The van der Waals surface area contributed by atoms with Gasteiger partial charge >= 0.3 is 0 Å². The molecule has 0 atom stereocenters. The van der Waals surface area contributed by atoms with Gasteiger partial charge in [-0.2, -0.15) is 0 Å². The zero-order valence-electron chi connectivity index (χ0n) is 17.0. The van der Waals surface area contributed by atoms with Gasteiger partial charge in [-0.15, -0.1) is 0 Å². The van der Waals surface area contributed by atoms with E-state index in [0.717, 1.165) is 10.2 Å². The number of hydrogen-bond acceptors (Lipinski definition) is 4. The number of benzene rings is 3. The first kappa shape index (κ1) is 22.9. The van der Waals surface area contributed by atoms with Crippen LogP contribution in [-0.2, 0) is 15.6 Å². The molecule has 7 heteroatoms. The summed E-state index contributed by atoms with van der Waals surface area (Å²) in [4.78, 5) is 14.8. The molecule has 0 N–H and O–H groups in total. The van der Waals surface area contributed by atoms with Crippen LogP contribution >= 0.6 is 15.9 Å². The van der Waals surface area contributed by atoms with E-state index < -0.39 is 27.2 Å². The lowest BCUT2D eigenvalue weighted by Gasteiger charge is -2.13. The molecule has 0 saturated heterocycles. The van der Waals surface area contributed by atoms with Crippen molar-refractivity contribution in [3.63, 3.8) is 0 Å². The molecule has 31 heavy (non-hydrogen) atoms. The third kappa shape index (κ3) is 5.89. The Hall–Kier alpha value is -2.77. The minimum Gasteiger partial charge on any atom is -0.378 e. The number of carbonyl (C=O) groups excluding carboxylic acids is 1. The Kier molecular flexibility index (Phi) is 7.08. The van der Waals surface area contributed by atoms with E-state index in [1.165, 1.54) is 30.3 Å². The Balaban J connectivity index is 2.05. The average molecular weight is 502 g/mol. The van der Waals surface area contributed by atoms with Crippen molar-refractivity contribution in [2.24, 2.45) is 0 Å². The largest absolute Gasteiger partial charge is 0.378 e. The predicted octanol–water partition coefficient (Wildman–Crippen LogP) is 5.49. The van der Waals surface area contributed by atoms with Gasteiger partial charge in [0.15, 0.2) is 9.84 Å². The standard InChI is InChI=1S/C24H21BrFNO3S/c1-27(2)22-13-5-17(6-14-22)15-23(24(28)19-7-9-20(25)10-8-19)31(29,30)16-18-3-11-21(26)12-4-18/h3-15H,16H2,1-2H3/b23-15+. The summed E-state index contributed by atoms with van der Waals surface area (Å²) in [6.07, 6.45) is 1.39. The van der Waals surface area contributed by atoms with Gasteiger partial charge in [-0.05, 0) is 65.7 Å². The smallest absolute Gasteiger partial charge is 0.204 e. The molecular formula is C24H21BrFNO3S. The van der Waals surface area contributed by atoms with Gasteiger partial charge in [-0.1, -0.05) is 40.2 Å². The minimum atomic E-state index is -4.00. The van der Waals surface area contributed by atoms with Crippen LogP contribution in [0.1, 0.15) is 21.5 Å². The van der Waals surface area contributed by atoms with Crippen LogP contribution in [0.5, 0.6) is 0 Å². The van der Waals surface area contributed by atoms with Crippen LogP contribution in [0, 0.1) is 5.82 Å². The van der Waals surface area contributed by atoms with Crippen LogP contribution in [0.15, 0.2) is 82.2 Å². The van der Waals surface area contributed by atoms with Gasteiger partial charge in [0, 0.05) is 29.8 Å². The van der Waals surface area contributed by atoms with Crippen LogP contribution < -0.4 is 4.90 Å². The normalized spacial score (nSPS) is 11.9. The van der Waals surface area contributed by atoms with Gasteiger partial charge in [-0.3, -0.25) is 4.79 Å². The number of ketones is 1. The Morgan fingerprint density at radius 3 is 2.06 bits per heavy atom. The highest BCUT2D eigenvalue weighted by Gasteiger charge is 2.26. The molecule has 160 valence electrons. The summed E-state index contributed by atoms with van der Waals surface area (Å²) >= 11 is 3.31. The summed E-state index contributed by atoms with van der Waals surface area (Å²) in [6.45, 7) is 0. The fourth-order valence-corrected chi connectivity index (χ4v) is 4.71. The molecule has 3 aromatic carbocycles. The second-order valence-corrected chi connectivity index (χ2v) is 10.1. The van der Waals surface area contributed by atoms with E-state index in [-0.39, 0.29) is 10.5 Å². The number of allylic oxidation sites excluding steroid dienone is 1. The molecule has 0 unspecified atom stereocenters. The predicted molar refractivity (Wildman–Crippen MR) is 126 cm³/mol. The third-order valence-electron chi connectivity index (χ3n) is 4.64. The van der Waals surface area contributed by atoms with Gasteiger partial charge < -0.3 is 4.90 Å². The molecule has 0 aliphatic carbocycles. The summed E-state index contributed by atoms with van der Waals surface area (Å²) in [6, 6.07) is 18.9. The van der Waals surface area contributed by atoms with E-state index in [1.807, 2.05) is 31.1 Å². The molecule has 3 aromatic rings. The summed E-state index contributed by atoms with van der Waals surface area (Å²) in [5.74, 6) is -1.45. The fraction of sp³-hybridized carbons (Fsp3) is 0.125. The number of carbonyl (C=O) groups is 1. The Morgan fingerprint density at radius 2 is 1.52 bits per heavy atom. The van der Waals surface area contributed by atoms with Crippen molar-refractivity contribution in [3.05, 3.63) is 105 Å². The summed E-state index contributed by atoms with van der Waals surface area (Å²) in [5, 5.41) is 0. The maximum atomic E-state index is 13.2. The Morgan fingerprint density at radius 1 is 0.935 bits per heavy atom. The monoisotopic (exact) mass is 501 g/mol. The van der Waals surface area contributed by atoms with Crippen molar-refractivity contribution in [3.8, 4) is 0 Å². The number of hydrogen-bond donors (Lipinski definition) is 0. The van der Waals surface area contributed by atoms with E-state index >= 15 is 0 Å². The zero-order chi connectivity index (χ0) is 22.6. The highest BCUT2D eigenvalue weighted by molar-refractivity contribution is 9.10. The van der Waals surface area contributed by atoms with Gasteiger partial charge in [0.2, 0.25) is 5.78 Å². The molecule has 0 amide bonds. The van der Waals surface area contributed by atoms with E-state index in [1.54, 1.807) is 36.4 Å². The Bertz CT molecular complexity index is 1200. The van der Waals surface area contributed by atoms with Crippen LogP contribution in [0.2, 0.25) is 0 Å². The van der Waals surface area contributed by atoms with Crippen molar-refractivity contribution in [1.29, 1.82) is 0 Å².